The van der Waals surface area contributed by atoms with Gasteiger partial charge in [-0.1, -0.05) is 0 Å². The molecule has 1 amide bonds. The van der Waals surface area contributed by atoms with Crippen LogP contribution in [0.3, 0.4) is 0 Å². The van der Waals surface area contributed by atoms with Crippen molar-refractivity contribution in [2.24, 2.45) is 0 Å². The van der Waals surface area contributed by atoms with Crippen molar-refractivity contribution in [3.05, 3.63) is 18.0 Å². The van der Waals surface area contributed by atoms with Gasteiger partial charge in [0.1, 0.15) is 6.10 Å². The number of carbonyl (C=O) groups is 1. The average Bonchev–Trinajstić information content (AvgIpc) is 3.24. The molecule has 0 radical (unpaired) electrons. The van der Waals surface area contributed by atoms with E-state index < -0.39 is 6.10 Å². The van der Waals surface area contributed by atoms with Crippen LogP contribution in [0.25, 0.3) is 0 Å². The van der Waals surface area contributed by atoms with Gasteiger partial charge in [0.15, 0.2) is 0 Å². The number of hydrogen-bond donors (Lipinski definition) is 0. The molecular formula is C18H29N3O3. The van der Waals surface area contributed by atoms with E-state index in [1.165, 1.54) is 6.42 Å². The third-order valence-corrected chi connectivity index (χ3v) is 4.97. The lowest BCUT2D eigenvalue weighted by molar-refractivity contribution is -0.148. The molecule has 2 aliphatic heterocycles. The van der Waals surface area contributed by atoms with Gasteiger partial charge < -0.3 is 14.4 Å². The molecule has 6 heteroatoms. The summed E-state index contributed by atoms with van der Waals surface area (Å²) in [4.78, 5) is 14.8. The number of carbonyl (C=O) groups excluding carboxylic acids is 1. The molecule has 0 spiro atoms. The third kappa shape index (κ3) is 4.36. The second-order valence-corrected chi connectivity index (χ2v) is 7.03. The van der Waals surface area contributed by atoms with Crippen LogP contribution in [0.5, 0.6) is 0 Å². The van der Waals surface area contributed by atoms with Crippen molar-refractivity contribution >= 4 is 5.91 Å². The third-order valence-electron chi connectivity index (χ3n) is 4.97. The molecule has 134 valence electrons. The fourth-order valence-electron chi connectivity index (χ4n) is 3.60. The molecule has 3 rings (SSSR count). The van der Waals surface area contributed by atoms with Gasteiger partial charge in [0.05, 0.1) is 31.5 Å². The Labute approximate surface area is 144 Å². The molecule has 0 aliphatic carbocycles. The number of piperidine rings is 1. The molecule has 3 atom stereocenters. The van der Waals surface area contributed by atoms with Gasteiger partial charge in [0.2, 0.25) is 0 Å². The predicted molar refractivity (Wildman–Crippen MR) is 90.7 cm³/mol. The maximum absolute atomic E-state index is 12.8. The first kappa shape index (κ1) is 17.4. The van der Waals surface area contributed by atoms with Crippen molar-refractivity contribution in [3.8, 4) is 0 Å². The summed E-state index contributed by atoms with van der Waals surface area (Å²) in [7, 11) is 0. The summed E-state index contributed by atoms with van der Waals surface area (Å²) in [5.74, 6) is 0.0987. The zero-order chi connectivity index (χ0) is 16.9. The van der Waals surface area contributed by atoms with Crippen LogP contribution in [0.4, 0.5) is 0 Å². The van der Waals surface area contributed by atoms with Crippen LogP contribution in [0.2, 0.25) is 0 Å². The van der Waals surface area contributed by atoms with Gasteiger partial charge >= 0.3 is 0 Å². The second kappa shape index (κ2) is 8.12. The van der Waals surface area contributed by atoms with E-state index in [0.29, 0.717) is 6.61 Å². The molecule has 24 heavy (non-hydrogen) atoms. The highest BCUT2D eigenvalue weighted by Gasteiger charge is 2.31. The van der Waals surface area contributed by atoms with E-state index in [0.717, 1.165) is 50.9 Å². The molecule has 2 aliphatic rings. The zero-order valence-electron chi connectivity index (χ0n) is 14.8. The lowest BCUT2D eigenvalue weighted by Crippen LogP contribution is -2.50. The Hall–Kier alpha value is -1.40. The van der Waals surface area contributed by atoms with Gasteiger partial charge in [-0.15, -0.1) is 0 Å². The van der Waals surface area contributed by atoms with Gasteiger partial charge in [0, 0.05) is 19.3 Å². The van der Waals surface area contributed by atoms with Crippen molar-refractivity contribution < 1.29 is 14.3 Å². The number of rotatable bonds is 6. The molecule has 0 unspecified atom stereocenters. The van der Waals surface area contributed by atoms with Gasteiger partial charge in [-0.25, -0.2) is 0 Å². The molecule has 2 saturated heterocycles. The van der Waals surface area contributed by atoms with E-state index in [1.54, 1.807) is 0 Å². The van der Waals surface area contributed by atoms with E-state index in [2.05, 4.69) is 5.10 Å². The van der Waals surface area contributed by atoms with Crippen molar-refractivity contribution in [1.82, 2.24) is 14.7 Å². The summed E-state index contributed by atoms with van der Waals surface area (Å²) in [6, 6.07) is 0.208. The molecule has 0 saturated carbocycles. The van der Waals surface area contributed by atoms with Crippen molar-refractivity contribution in [2.75, 3.05) is 19.8 Å². The molecule has 3 heterocycles. The zero-order valence-corrected chi connectivity index (χ0v) is 14.8. The van der Waals surface area contributed by atoms with Crippen LogP contribution >= 0.6 is 0 Å². The van der Waals surface area contributed by atoms with Crippen LogP contribution in [0.1, 0.15) is 44.6 Å². The van der Waals surface area contributed by atoms with Crippen LogP contribution < -0.4 is 0 Å². The SMILES string of the molecule is Cc1cnn(C[C@@H]2CCCCN2C(=O)[C@H](C)OC[C@@H]2CCCO2)c1. The number of aryl methyl sites for hydroxylation is 1. The second-order valence-electron chi connectivity index (χ2n) is 7.03. The summed E-state index contributed by atoms with van der Waals surface area (Å²) < 4.78 is 13.3. The topological polar surface area (TPSA) is 56.6 Å². The largest absolute Gasteiger partial charge is 0.376 e. The minimum absolute atomic E-state index is 0.0987. The van der Waals surface area contributed by atoms with E-state index in [1.807, 2.05) is 35.8 Å². The lowest BCUT2D eigenvalue weighted by Gasteiger charge is -2.37. The minimum atomic E-state index is -0.408. The monoisotopic (exact) mass is 335 g/mol. The molecule has 1 aromatic heterocycles. The van der Waals surface area contributed by atoms with Gasteiger partial charge in [-0.05, 0) is 51.5 Å². The molecule has 6 nitrogen and oxygen atoms in total. The normalized spacial score (nSPS) is 25.8. The van der Waals surface area contributed by atoms with Crippen molar-refractivity contribution in [2.45, 2.75) is 70.7 Å². The van der Waals surface area contributed by atoms with Crippen LogP contribution in [0, 0.1) is 6.92 Å². The fraction of sp³-hybridized carbons (Fsp3) is 0.778. The van der Waals surface area contributed by atoms with E-state index >= 15 is 0 Å². The number of nitrogens with zero attached hydrogens (tertiary/aromatic N) is 3. The quantitative estimate of drug-likeness (QED) is 0.799. The number of amides is 1. The molecule has 0 aromatic carbocycles. The Bertz CT molecular complexity index is 539. The Morgan fingerprint density at radius 3 is 3.00 bits per heavy atom. The van der Waals surface area contributed by atoms with Crippen LogP contribution in [-0.2, 0) is 20.8 Å². The first-order chi connectivity index (χ1) is 11.6. The van der Waals surface area contributed by atoms with Gasteiger partial charge in [-0.3, -0.25) is 9.48 Å². The van der Waals surface area contributed by atoms with Gasteiger partial charge in [0.25, 0.3) is 5.91 Å². The number of likely N-dealkylation sites (tertiary alicyclic amines) is 1. The van der Waals surface area contributed by atoms with E-state index in [-0.39, 0.29) is 18.1 Å². The van der Waals surface area contributed by atoms with Crippen molar-refractivity contribution in [3.63, 3.8) is 0 Å². The molecule has 2 fully saturated rings. The summed E-state index contributed by atoms with van der Waals surface area (Å²) in [6.07, 6.45) is 9.04. The first-order valence-corrected chi connectivity index (χ1v) is 9.16. The first-order valence-electron chi connectivity index (χ1n) is 9.16. The van der Waals surface area contributed by atoms with Crippen molar-refractivity contribution in [1.29, 1.82) is 0 Å². The van der Waals surface area contributed by atoms with Crippen LogP contribution in [0.15, 0.2) is 12.4 Å². The maximum atomic E-state index is 12.8. The Morgan fingerprint density at radius 2 is 2.29 bits per heavy atom. The number of ether oxygens (including phenoxy) is 2. The Morgan fingerprint density at radius 1 is 1.42 bits per heavy atom. The average molecular weight is 335 g/mol. The number of aromatic nitrogens is 2. The predicted octanol–water partition coefficient (Wildman–Crippen LogP) is 2.16. The summed E-state index contributed by atoms with van der Waals surface area (Å²) in [6.45, 7) is 6.81. The van der Waals surface area contributed by atoms with Crippen LogP contribution in [-0.4, -0.2) is 58.6 Å². The van der Waals surface area contributed by atoms with Gasteiger partial charge in [-0.2, -0.15) is 5.10 Å². The molecule has 1 aromatic rings. The Kier molecular flexibility index (Phi) is 5.89. The standard InChI is InChI=1S/C18H29N3O3/c1-14-10-19-20(11-14)12-16-6-3-4-8-21(16)18(22)15(2)24-13-17-7-5-9-23-17/h10-11,15-17H,3-9,12-13H2,1-2H3/t15-,16-,17-/m0/s1. The molecule has 0 bridgehead atoms. The van der Waals surface area contributed by atoms with E-state index in [4.69, 9.17) is 9.47 Å². The maximum Gasteiger partial charge on any atom is 0.251 e. The van der Waals surface area contributed by atoms with E-state index in [9.17, 15) is 4.79 Å². The highest BCUT2D eigenvalue weighted by Crippen LogP contribution is 2.21. The summed E-state index contributed by atoms with van der Waals surface area (Å²) in [5, 5.41) is 4.37. The highest BCUT2D eigenvalue weighted by molar-refractivity contribution is 5.81. The summed E-state index contributed by atoms with van der Waals surface area (Å²) >= 11 is 0. The summed E-state index contributed by atoms with van der Waals surface area (Å²) in [5.41, 5.74) is 1.15. The fourth-order valence-corrected chi connectivity index (χ4v) is 3.60. The molecular weight excluding hydrogens is 306 g/mol. The highest BCUT2D eigenvalue weighted by atomic mass is 16.5. The Balaban J connectivity index is 1.55. The lowest BCUT2D eigenvalue weighted by atomic mass is 10.0. The minimum Gasteiger partial charge on any atom is -0.376 e. The number of hydrogen-bond acceptors (Lipinski definition) is 4. The smallest absolute Gasteiger partial charge is 0.251 e. The molecule has 0 N–H and O–H groups in total.